The number of nitrogens with zero attached hydrogens (tertiary/aromatic N) is 4. The van der Waals surface area contributed by atoms with Crippen molar-refractivity contribution in [3.8, 4) is 5.82 Å². The normalized spacial score (nSPS) is 10.9. The highest BCUT2D eigenvalue weighted by molar-refractivity contribution is 5.41. The fourth-order valence-electron chi connectivity index (χ4n) is 1.79. The van der Waals surface area contributed by atoms with Crippen LogP contribution in [0.2, 0.25) is 0 Å². The van der Waals surface area contributed by atoms with Crippen LogP contribution in [0.3, 0.4) is 0 Å². The zero-order valence-corrected chi connectivity index (χ0v) is 10.7. The van der Waals surface area contributed by atoms with E-state index >= 15 is 0 Å². The molecule has 0 aliphatic heterocycles. The van der Waals surface area contributed by atoms with E-state index in [0.29, 0.717) is 6.54 Å². The fraction of sp³-hybridized carbons (Fsp3) is 0.417. The lowest BCUT2D eigenvalue weighted by atomic mass is 10.1. The molecule has 2 aromatic rings. The fourth-order valence-corrected chi connectivity index (χ4v) is 1.79. The molecule has 0 saturated heterocycles. The molecule has 5 nitrogen and oxygen atoms in total. The van der Waals surface area contributed by atoms with Crippen molar-refractivity contribution in [3.63, 3.8) is 0 Å². The SMILES string of the molecule is Cc1nnc(-n2cnc(C)c2C)c(CN)c1C. The van der Waals surface area contributed by atoms with Crippen molar-refractivity contribution in [2.24, 2.45) is 5.73 Å². The molecule has 0 atom stereocenters. The first kappa shape index (κ1) is 11.7. The van der Waals surface area contributed by atoms with Gasteiger partial charge in [0.25, 0.3) is 0 Å². The largest absolute Gasteiger partial charge is 0.326 e. The van der Waals surface area contributed by atoms with Crippen LogP contribution in [0.15, 0.2) is 6.33 Å². The van der Waals surface area contributed by atoms with E-state index in [9.17, 15) is 0 Å². The molecule has 2 heterocycles. The van der Waals surface area contributed by atoms with Gasteiger partial charge in [0.2, 0.25) is 0 Å². The van der Waals surface area contributed by atoms with Gasteiger partial charge in [-0.3, -0.25) is 4.57 Å². The van der Waals surface area contributed by atoms with Crippen LogP contribution in [0.1, 0.15) is 28.2 Å². The van der Waals surface area contributed by atoms with Crippen LogP contribution < -0.4 is 5.73 Å². The summed E-state index contributed by atoms with van der Waals surface area (Å²) in [4.78, 5) is 4.27. The van der Waals surface area contributed by atoms with Gasteiger partial charge in [0, 0.05) is 17.8 Å². The van der Waals surface area contributed by atoms with E-state index < -0.39 is 0 Å². The third kappa shape index (κ3) is 1.82. The Morgan fingerprint density at radius 3 is 2.35 bits per heavy atom. The molecule has 5 heteroatoms. The molecule has 90 valence electrons. The van der Waals surface area contributed by atoms with Crippen molar-refractivity contribution < 1.29 is 0 Å². The lowest BCUT2D eigenvalue weighted by Gasteiger charge is -2.12. The van der Waals surface area contributed by atoms with Crippen molar-refractivity contribution in [1.82, 2.24) is 19.7 Å². The quantitative estimate of drug-likeness (QED) is 0.847. The van der Waals surface area contributed by atoms with Crippen LogP contribution in [0.5, 0.6) is 0 Å². The average Bonchev–Trinajstić information content (AvgIpc) is 2.64. The number of aromatic nitrogens is 4. The lowest BCUT2D eigenvalue weighted by Crippen LogP contribution is -2.12. The molecule has 17 heavy (non-hydrogen) atoms. The van der Waals surface area contributed by atoms with Crippen molar-refractivity contribution >= 4 is 0 Å². The molecular formula is C12H17N5. The smallest absolute Gasteiger partial charge is 0.165 e. The van der Waals surface area contributed by atoms with Crippen LogP contribution >= 0.6 is 0 Å². The summed E-state index contributed by atoms with van der Waals surface area (Å²) >= 11 is 0. The molecule has 0 unspecified atom stereocenters. The van der Waals surface area contributed by atoms with E-state index in [-0.39, 0.29) is 0 Å². The topological polar surface area (TPSA) is 69.6 Å². The van der Waals surface area contributed by atoms with Crippen LogP contribution in [0.25, 0.3) is 5.82 Å². The van der Waals surface area contributed by atoms with Gasteiger partial charge in [-0.25, -0.2) is 4.98 Å². The summed E-state index contributed by atoms with van der Waals surface area (Å²) in [6.07, 6.45) is 1.77. The Kier molecular flexibility index (Phi) is 2.93. The van der Waals surface area contributed by atoms with Crippen LogP contribution in [-0.4, -0.2) is 19.7 Å². The Bertz CT molecular complexity index is 556. The summed E-state index contributed by atoms with van der Waals surface area (Å²) in [6.45, 7) is 8.40. The second kappa shape index (κ2) is 4.25. The highest BCUT2D eigenvalue weighted by atomic mass is 15.2. The number of imidazole rings is 1. The van der Waals surface area contributed by atoms with Gasteiger partial charge >= 0.3 is 0 Å². The third-order valence-corrected chi connectivity index (χ3v) is 3.24. The molecular weight excluding hydrogens is 214 g/mol. The van der Waals surface area contributed by atoms with E-state index in [4.69, 9.17) is 5.73 Å². The Labute approximate surface area is 101 Å². The molecule has 0 amide bonds. The van der Waals surface area contributed by atoms with E-state index in [1.165, 1.54) is 0 Å². The molecule has 2 rings (SSSR count). The van der Waals surface area contributed by atoms with E-state index in [1.54, 1.807) is 6.33 Å². The number of hydrogen-bond acceptors (Lipinski definition) is 4. The summed E-state index contributed by atoms with van der Waals surface area (Å²) in [5, 5.41) is 8.41. The minimum Gasteiger partial charge on any atom is -0.326 e. The Morgan fingerprint density at radius 1 is 1.12 bits per heavy atom. The predicted octanol–water partition coefficient (Wildman–Crippen LogP) is 1.35. The summed E-state index contributed by atoms with van der Waals surface area (Å²) in [5.41, 5.74) is 10.9. The van der Waals surface area contributed by atoms with E-state index in [2.05, 4.69) is 15.2 Å². The van der Waals surface area contributed by atoms with Crippen LogP contribution in [0.4, 0.5) is 0 Å². The molecule has 0 aromatic carbocycles. The first-order chi connectivity index (χ1) is 8.06. The lowest BCUT2D eigenvalue weighted by molar-refractivity contribution is 0.825. The highest BCUT2D eigenvalue weighted by Crippen LogP contribution is 2.19. The van der Waals surface area contributed by atoms with Crippen molar-refractivity contribution in [2.45, 2.75) is 34.2 Å². The van der Waals surface area contributed by atoms with Crippen LogP contribution in [-0.2, 0) is 6.54 Å². The molecule has 0 bridgehead atoms. The zero-order chi connectivity index (χ0) is 12.6. The Balaban J connectivity index is 2.68. The van der Waals surface area contributed by atoms with Gasteiger partial charge in [-0.15, -0.1) is 5.10 Å². The summed E-state index contributed by atoms with van der Waals surface area (Å²) in [5.74, 6) is 0.786. The monoisotopic (exact) mass is 231 g/mol. The van der Waals surface area contributed by atoms with Crippen molar-refractivity contribution in [1.29, 1.82) is 0 Å². The molecule has 0 radical (unpaired) electrons. The standard InChI is InChI=1S/C12H17N5/c1-7-8(2)15-16-12(11(7)5-13)17-6-14-9(3)10(17)4/h6H,5,13H2,1-4H3. The van der Waals surface area contributed by atoms with Gasteiger partial charge < -0.3 is 5.73 Å². The minimum absolute atomic E-state index is 0.453. The van der Waals surface area contributed by atoms with Gasteiger partial charge in [0.05, 0.1) is 11.4 Å². The van der Waals surface area contributed by atoms with Gasteiger partial charge in [-0.1, -0.05) is 0 Å². The number of hydrogen-bond donors (Lipinski definition) is 1. The Morgan fingerprint density at radius 2 is 1.82 bits per heavy atom. The van der Waals surface area contributed by atoms with E-state index in [0.717, 1.165) is 34.0 Å². The van der Waals surface area contributed by atoms with Gasteiger partial charge in [-0.2, -0.15) is 5.10 Å². The van der Waals surface area contributed by atoms with Crippen LogP contribution in [0, 0.1) is 27.7 Å². The third-order valence-electron chi connectivity index (χ3n) is 3.24. The van der Waals surface area contributed by atoms with Gasteiger partial charge in [-0.05, 0) is 33.3 Å². The second-order valence-corrected chi connectivity index (χ2v) is 4.20. The summed E-state index contributed by atoms with van der Waals surface area (Å²) < 4.78 is 1.94. The predicted molar refractivity (Wildman–Crippen MR) is 66.0 cm³/mol. The van der Waals surface area contributed by atoms with Gasteiger partial charge in [0.15, 0.2) is 5.82 Å². The number of aryl methyl sites for hydroxylation is 2. The van der Waals surface area contributed by atoms with Crippen molar-refractivity contribution in [3.05, 3.63) is 34.5 Å². The first-order valence-electron chi connectivity index (χ1n) is 5.60. The maximum Gasteiger partial charge on any atom is 0.165 e. The van der Waals surface area contributed by atoms with Gasteiger partial charge in [0.1, 0.15) is 6.33 Å². The first-order valence-corrected chi connectivity index (χ1v) is 5.60. The molecule has 0 saturated carbocycles. The Hall–Kier alpha value is -1.75. The van der Waals surface area contributed by atoms with E-state index in [1.807, 2.05) is 32.3 Å². The maximum absolute atomic E-state index is 5.81. The molecule has 0 spiro atoms. The number of rotatable bonds is 2. The molecule has 2 N–H and O–H groups in total. The summed E-state index contributed by atoms with van der Waals surface area (Å²) in [7, 11) is 0. The molecule has 0 aliphatic carbocycles. The van der Waals surface area contributed by atoms with Crippen molar-refractivity contribution in [2.75, 3.05) is 0 Å². The molecule has 2 aromatic heterocycles. The highest BCUT2D eigenvalue weighted by Gasteiger charge is 2.13. The maximum atomic E-state index is 5.81. The average molecular weight is 231 g/mol. The summed E-state index contributed by atoms with van der Waals surface area (Å²) in [6, 6.07) is 0. The zero-order valence-electron chi connectivity index (χ0n) is 10.7. The molecule has 0 aliphatic rings. The minimum atomic E-state index is 0.453. The second-order valence-electron chi connectivity index (χ2n) is 4.20. The molecule has 0 fully saturated rings. The number of nitrogens with two attached hydrogens (primary N) is 1.